The highest BCUT2D eigenvalue weighted by molar-refractivity contribution is 8.19. The number of hydrogen-bond donors (Lipinski definition) is 0. The first-order valence-electron chi connectivity index (χ1n) is 9.05. The summed E-state index contributed by atoms with van der Waals surface area (Å²) in [7, 11) is 0. The van der Waals surface area contributed by atoms with Gasteiger partial charge < -0.3 is 0 Å². The lowest BCUT2D eigenvalue weighted by Crippen LogP contribution is -2.28. The number of thioether (sulfide) groups is 1. The van der Waals surface area contributed by atoms with Crippen molar-refractivity contribution in [2.75, 3.05) is 4.90 Å². The summed E-state index contributed by atoms with van der Waals surface area (Å²) in [5.74, 6) is -0.104. The summed E-state index contributed by atoms with van der Waals surface area (Å²) in [5, 5.41) is 0.624. The number of hydrogen-bond acceptors (Lipinski definition) is 5. The van der Waals surface area contributed by atoms with Gasteiger partial charge in [-0.1, -0.05) is 42.5 Å². The monoisotopic (exact) mass is 398 g/mol. The molecule has 0 radical (unpaired) electrons. The van der Waals surface area contributed by atoms with Crippen LogP contribution in [0.2, 0.25) is 0 Å². The molecule has 142 valence electrons. The quantitative estimate of drug-likeness (QED) is 0.444. The van der Waals surface area contributed by atoms with Gasteiger partial charge in [-0.05, 0) is 60.5 Å². The van der Waals surface area contributed by atoms with Gasteiger partial charge >= 0.3 is 0 Å². The van der Waals surface area contributed by atoms with E-state index in [4.69, 9.17) is 4.99 Å². The minimum atomic E-state index is -0.104. The van der Waals surface area contributed by atoms with Crippen LogP contribution in [-0.2, 0) is 11.3 Å². The van der Waals surface area contributed by atoms with Crippen LogP contribution in [0.1, 0.15) is 11.3 Å². The number of anilines is 1. The lowest BCUT2D eigenvalue weighted by Gasteiger charge is -2.15. The van der Waals surface area contributed by atoms with Crippen molar-refractivity contribution in [2.24, 2.45) is 9.98 Å². The second-order valence-corrected chi connectivity index (χ2v) is 7.29. The Hall–Kier alpha value is -3.51. The number of nitrogens with zero attached hydrogens (tertiary/aromatic N) is 4. The third kappa shape index (κ3) is 4.33. The molecule has 2 heterocycles. The first-order chi connectivity index (χ1) is 14.2. The minimum absolute atomic E-state index is 0.104. The molecule has 0 aliphatic carbocycles. The number of carbonyl (C=O) groups is 1. The topological polar surface area (TPSA) is 57.9 Å². The molecule has 1 amide bonds. The second-order valence-electron chi connectivity index (χ2n) is 6.28. The van der Waals surface area contributed by atoms with Crippen LogP contribution in [0.25, 0.3) is 6.08 Å². The zero-order valence-electron chi connectivity index (χ0n) is 15.6. The Morgan fingerprint density at radius 2 is 1.72 bits per heavy atom. The molecule has 0 bridgehead atoms. The smallest absolute Gasteiger partial charge is 0.271 e. The number of pyridine rings is 1. The van der Waals surface area contributed by atoms with Gasteiger partial charge in [0.05, 0.1) is 28.5 Å². The van der Waals surface area contributed by atoms with Crippen LogP contribution < -0.4 is 4.90 Å². The van der Waals surface area contributed by atoms with E-state index in [1.807, 2.05) is 78.9 Å². The Bertz CT molecular complexity index is 1080. The standard InChI is InChI=1S/C23H18N4OS/c1-24-16-19-13-12-17(15-25-19)14-21-22(28)27(20-10-6-3-7-11-20)23(29-21)26-18-8-4-2-5-9-18/h2-15H,1,16H2/b21-14-,26-23?. The summed E-state index contributed by atoms with van der Waals surface area (Å²) in [6.45, 7) is 3.96. The molecule has 3 aromatic rings. The largest absolute Gasteiger partial charge is 0.295 e. The Labute approximate surface area is 173 Å². The maximum absolute atomic E-state index is 13.2. The highest BCUT2D eigenvalue weighted by Crippen LogP contribution is 2.37. The zero-order valence-corrected chi connectivity index (χ0v) is 16.4. The molecule has 2 aromatic carbocycles. The van der Waals surface area contributed by atoms with Crippen molar-refractivity contribution in [3.63, 3.8) is 0 Å². The number of amidine groups is 1. The molecule has 0 atom stereocenters. The van der Waals surface area contributed by atoms with Crippen LogP contribution in [0, 0.1) is 0 Å². The average molecular weight is 398 g/mol. The van der Waals surface area contributed by atoms with Crippen LogP contribution in [-0.4, -0.2) is 22.8 Å². The molecular formula is C23H18N4OS. The van der Waals surface area contributed by atoms with Gasteiger partial charge in [0.25, 0.3) is 5.91 Å². The Morgan fingerprint density at radius 1 is 1.00 bits per heavy atom. The maximum atomic E-state index is 13.2. The van der Waals surface area contributed by atoms with Gasteiger partial charge in [0, 0.05) is 6.20 Å². The van der Waals surface area contributed by atoms with E-state index in [0.29, 0.717) is 16.6 Å². The molecule has 5 nitrogen and oxygen atoms in total. The van der Waals surface area contributed by atoms with Gasteiger partial charge in [0.1, 0.15) is 0 Å². The zero-order chi connectivity index (χ0) is 20.1. The summed E-state index contributed by atoms with van der Waals surface area (Å²) in [4.78, 5) is 28.3. The second kappa shape index (κ2) is 8.67. The number of aliphatic imine (C=N–C) groups is 2. The molecule has 6 heteroatoms. The molecule has 0 spiro atoms. The van der Waals surface area contributed by atoms with Crippen molar-refractivity contribution in [1.29, 1.82) is 0 Å². The molecule has 1 aliphatic heterocycles. The third-order valence-electron chi connectivity index (χ3n) is 4.22. The van der Waals surface area contributed by atoms with Crippen molar-refractivity contribution in [3.8, 4) is 0 Å². The predicted molar refractivity (Wildman–Crippen MR) is 121 cm³/mol. The van der Waals surface area contributed by atoms with E-state index >= 15 is 0 Å². The minimum Gasteiger partial charge on any atom is -0.295 e. The van der Waals surface area contributed by atoms with Crippen LogP contribution in [0.4, 0.5) is 11.4 Å². The molecule has 1 saturated heterocycles. The van der Waals surface area contributed by atoms with E-state index in [1.165, 1.54) is 11.8 Å². The molecule has 29 heavy (non-hydrogen) atoms. The first-order valence-corrected chi connectivity index (χ1v) is 9.86. The van der Waals surface area contributed by atoms with Crippen LogP contribution in [0.5, 0.6) is 0 Å². The molecule has 0 N–H and O–H groups in total. The molecule has 0 saturated carbocycles. The summed E-state index contributed by atoms with van der Waals surface area (Å²) >= 11 is 1.36. The number of benzene rings is 2. The van der Waals surface area contributed by atoms with E-state index in [-0.39, 0.29) is 5.91 Å². The van der Waals surface area contributed by atoms with Gasteiger partial charge in [-0.2, -0.15) is 0 Å². The summed E-state index contributed by atoms with van der Waals surface area (Å²) in [6, 6.07) is 23.0. The lowest BCUT2D eigenvalue weighted by atomic mass is 10.2. The predicted octanol–water partition coefficient (Wildman–Crippen LogP) is 5.09. The number of carbonyl (C=O) groups excluding carboxylic acids is 1. The van der Waals surface area contributed by atoms with Crippen molar-refractivity contribution < 1.29 is 4.79 Å². The van der Waals surface area contributed by atoms with E-state index in [2.05, 4.69) is 16.7 Å². The highest BCUT2D eigenvalue weighted by Gasteiger charge is 2.34. The number of amides is 1. The molecule has 0 unspecified atom stereocenters. The van der Waals surface area contributed by atoms with Gasteiger partial charge in [-0.25, -0.2) is 4.99 Å². The fourth-order valence-corrected chi connectivity index (χ4v) is 3.85. The number of aromatic nitrogens is 1. The van der Waals surface area contributed by atoms with E-state index < -0.39 is 0 Å². The molecule has 4 rings (SSSR count). The Kier molecular flexibility index (Phi) is 5.63. The third-order valence-corrected chi connectivity index (χ3v) is 5.19. The van der Waals surface area contributed by atoms with Crippen molar-refractivity contribution in [1.82, 2.24) is 4.98 Å². The van der Waals surface area contributed by atoms with Gasteiger partial charge in [0.15, 0.2) is 5.17 Å². The maximum Gasteiger partial charge on any atom is 0.271 e. The molecular weight excluding hydrogens is 380 g/mol. The van der Waals surface area contributed by atoms with Gasteiger partial charge in [0.2, 0.25) is 0 Å². The Balaban J connectivity index is 1.71. The molecule has 1 aliphatic rings. The van der Waals surface area contributed by atoms with E-state index in [9.17, 15) is 4.79 Å². The summed E-state index contributed by atoms with van der Waals surface area (Å²) in [6.07, 6.45) is 3.58. The Morgan fingerprint density at radius 3 is 2.38 bits per heavy atom. The van der Waals surface area contributed by atoms with Gasteiger partial charge in [-0.3, -0.25) is 19.7 Å². The SMILES string of the molecule is C=NCc1ccc(/C=C2\SC(=Nc3ccccc3)N(c3ccccc3)C2=O)cn1. The molecule has 1 aromatic heterocycles. The fraction of sp³-hybridized carbons (Fsp3) is 0.0435. The number of para-hydroxylation sites is 2. The number of rotatable bonds is 5. The highest BCUT2D eigenvalue weighted by atomic mass is 32.2. The van der Waals surface area contributed by atoms with Crippen molar-refractivity contribution >= 4 is 47.0 Å². The van der Waals surface area contributed by atoms with E-state index in [1.54, 1.807) is 11.1 Å². The van der Waals surface area contributed by atoms with Crippen molar-refractivity contribution in [3.05, 3.63) is 95.2 Å². The van der Waals surface area contributed by atoms with Crippen LogP contribution in [0.3, 0.4) is 0 Å². The first kappa shape index (κ1) is 18.8. The van der Waals surface area contributed by atoms with Crippen LogP contribution in [0.15, 0.2) is 93.9 Å². The lowest BCUT2D eigenvalue weighted by molar-refractivity contribution is -0.113. The summed E-state index contributed by atoms with van der Waals surface area (Å²) in [5.41, 5.74) is 3.27. The molecule has 1 fully saturated rings. The fourth-order valence-electron chi connectivity index (χ4n) is 2.85. The van der Waals surface area contributed by atoms with E-state index in [0.717, 1.165) is 22.6 Å². The normalized spacial score (nSPS) is 16.6. The summed E-state index contributed by atoms with van der Waals surface area (Å²) < 4.78 is 0. The average Bonchev–Trinajstić information content (AvgIpc) is 3.05. The van der Waals surface area contributed by atoms with Gasteiger partial charge in [-0.15, -0.1) is 0 Å². The van der Waals surface area contributed by atoms with Crippen LogP contribution >= 0.6 is 11.8 Å². The van der Waals surface area contributed by atoms with Crippen molar-refractivity contribution in [2.45, 2.75) is 6.54 Å².